The van der Waals surface area contributed by atoms with Gasteiger partial charge in [0.1, 0.15) is 11.3 Å². The van der Waals surface area contributed by atoms with Gasteiger partial charge in [0.05, 0.1) is 22.8 Å². The molecule has 0 saturated carbocycles. The lowest BCUT2D eigenvalue weighted by atomic mass is 10.1. The van der Waals surface area contributed by atoms with Gasteiger partial charge < -0.3 is 9.47 Å². The second kappa shape index (κ2) is 10.5. The first-order chi connectivity index (χ1) is 17.2. The number of carbonyl (C=O) groups is 4. The number of hydrogen-bond donors (Lipinski definition) is 1. The molecule has 10 heteroatoms. The Morgan fingerprint density at radius 1 is 1.00 bits per heavy atom. The van der Waals surface area contributed by atoms with Gasteiger partial charge in [-0.15, -0.1) is 0 Å². The van der Waals surface area contributed by atoms with Crippen LogP contribution in [-0.4, -0.2) is 30.9 Å². The Hall–Kier alpha value is -3.76. The van der Waals surface area contributed by atoms with E-state index in [2.05, 4.69) is 37.2 Å². The molecule has 0 unspecified atom stereocenters. The van der Waals surface area contributed by atoms with Crippen molar-refractivity contribution in [3.05, 3.63) is 91.9 Å². The zero-order valence-corrected chi connectivity index (χ0v) is 22.2. The summed E-state index contributed by atoms with van der Waals surface area (Å²) < 4.78 is 11.9. The summed E-state index contributed by atoms with van der Waals surface area (Å²) in [6, 6.07) is 15.7. The third-order valence-corrected chi connectivity index (χ3v) is 6.26. The molecule has 1 N–H and O–H groups in total. The average molecular weight is 614 g/mol. The van der Waals surface area contributed by atoms with Crippen molar-refractivity contribution in [3.8, 4) is 11.5 Å². The number of esters is 1. The van der Waals surface area contributed by atoms with Gasteiger partial charge in [0.15, 0.2) is 5.75 Å². The first kappa shape index (κ1) is 25.3. The molecule has 3 aromatic carbocycles. The van der Waals surface area contributed by atoms with Crippen LogP contribution in [0.4, 0.5) is 10.5 Å². The maximum absolute atomic E-state index is 13.4. The molecule has 0 spiro atoms. The van der Waals surface area contributed by atoms with Crippen LogP contribution in [-0.2, 0) is 9.59 Å². The Morgan fingerprint density at radius 2 is 1.75 bits per heavy atom. The van der Waals surface area contributed by atoms with Crippen LogP contribution in [0.3, 0.4) is 0 Å². The first-order valence-electron chi connectivity index (χ1n) is 10.5. The van der Waals surface area contributed by atoms with Gasteiger partial charge in [-0.2, -0.15) is 0 Å². The highest BCUT2D eigenvalue weighted by Gasteiger charge is 2.38. The van der Waals surface area contributed by atoms with Gasteiger partial charge >= 0.3 is 12.0 Å². The highest BCUT2D eigenvalue weighted by Crippen LogP contribution is 2.36. The number of urea groups is 1. The summed E-state index contributed by atoms with van der Waals surface area (Å²) in [5, 5.41) is 2.17. The number of imide groups is 2. The Balaban J connectivity index is 1.77. The van der Waals surface area contributed by atoms with Crippen molar-refractivity contribution in [1.29, 1.82) is 0 Å². The number of rotatable bonds is 5. The Bertz CT molecular complexity index is 1450. The minimum absolute atomic E-state index is 0.0959. The van der Waals surface area contributed by atoms with Crippen LogP contribution >= 0.6 is 31.9 Å². The number of hydrogen-bond acceptors (Lipinski definition) is 6. The van der Waals surface area contributed by atoms with Gasteiger partial charge in [-0.3, -0.25) is 14.9 Å². The lowest BCUT2D eigenvalue weighted by molar-refractivity contribution is -0.122. The lowest BCUT2D eigenvalue weighted by Gasteiger charge is -2.27. The van der Waals surface area contributed by atoms with Crippen molar-refractivity contribution in [3.63, 3.8) is 0 Å². The number of ether oxygens (including phenoxy) is 2. The maximum Gasteiger partial charge on any atom is 0.343 e. The quantitative estimate of drug-likeness (QED) is 0.179. The second-order valence-corrected chi connectivity index (χ2v) is 9.46. The molecule has 182 valence electrons. The van der Waals surface area contributed by atoms with Crippen LogP contribution in [0.15, 0.2) is 75.2 Å². The molecule has 36 heavy (non-hydrogen) atoms. The zero-order chi connectivity index (χ0) is 26.0. The normalized spacial score (nSPS) is 14.6. The Labute approximate surface area is 223 Å². The number of para-hydroxylation sites is 2. The van der Waals surface area contributed by atoms with Gasteiger partial charge in [0.25, 0.3) is 11.8 Å². The fourth-order valence-electron chi connectivity index (χ4n) is 3.57. The number of nitrogens with zero attached hydrogens (tertiary/aromatic N) is 1. The van der Waals surface area contributed by atoms with Gasteiger partial charge in [0, 0.05) is 10.0 Å². The van der Waals surface area contributed by atoms with Crippen LogP contribution < -0.4 is 19.7 Å². The van der Waals surface area contributed by atoms with E-state index in [0.717, 1.165) is 10.5 Å². The lowest BCUT2D eigenvalue weighted by Crippen LogP contribution is -2.54. The molecular formula is C26H18Br2N2O6. The molecule has 4 amide bonds. The summed E-state index contributed by atoms with van der Waals surface area (Å²) in [5.74, 6) is -2.00. The maximum atomic E-state index is 13.4. The number of methoxy groups -OCH3 is 1. The van der Waals surface area contributed by atoms with Crippen molar-refractivity contribution in [2.75, 3.05) is 12.0 Å². The van der Waals surface area contributed by atoms with Crippen molar-refractivity contribution in [2.24, 2.45) is 0 Å². The molecule has 8 nitrogen and oxygen atoms in total. The summed E-state index contributed by atoms with van der Waals surface area (Å²) >= 11 is 6.76. The van der Waals surface area contributed by atoms with Crippen molar-refractivity contribution in [1.82, 2.24) is 5.32 Å². The third-order valence-electron chi connectivity index (χ3n) is 5.21. The minimum atomic E-state index is -0.909. The Kier molecular flexibility index (Phi) is 7.37. The van der Waals surface area contributed by atoms with Gasteiger partial charge in [-0.05, 0) is 65.3 Å². The highest BCUT2D eigenvalue weighted by atomic mass is 79.9. The molecule has 0 aliphatic carbocycles. The topological polar surface area (TPSA) is 102 Å². The Morgan fingerprint density at radius 3 is 2.47 bits per heavy atom. The van der Waals surface area contributed by atoms with Crippen molar-refractivity contribution in [2.45, 2.75) is 6.92 Å². The van der Waals surface area contributed by atoms with E-state index in [1.807, 2.05) is 13.0 Å². The van der Waals surface area contributed by atoms with E-state index < -0.39 is 23.8 Å². The third kappa shape index (κ3) is 5.09. The standard InChI is InChI=1S/C26H18Br2N2O6/c1-14-6-5-7-15(10-14)25(33)36-22-16(11-17(27)13-19(22)28)12-18-23(31)29-26(34)30(24(18)32)20-8-3-4-9-21(20)35-2/h3-13H,1-2H3,(H,29,31,34)/b18-12-. The molecular weight excluding hydrogens is 596 g/mol. The monoisotopic (exact) mass is 612 g/mol. The van der Waals surface area contributed by atoms with E-state index in [1.54, 1.807) is 48.5 Å². The van der Waals surface area contributed by atoms with Crippen LogP contribution in [0.25, 0.3) is 6.08 Å². The first-order valence-corrected chi connectivity index (χ1v) is 12.1. The number of anilines is 1. The van der Waals surface area contributed by atoms with Crippen molar-refractivity contribution >= 4 is 67.4 Å². The van der Waals surface area contributed by atoms with Crippen LogP contribution in [0.1, 0.15) is 21.5 Å². The van der Waals surface area contributed by atoms with E-state index in [4.69, 9.17) is 9.47 Å². The molecule has 1 heterocycles. The summed E-state index contributed by atoms with van der Waals surface area (Å²) in [6.07, 6.45) is 1.26. The number of benzene rings is 3. The van der Waals surface area contributed by atoms with E-state index >= 15 is 0 Å². The fourth-order valence-corrected chi connectivity index (χ4v) is 4.90. The van der Waals surface area contributed by atoms with Crippen LogP contribution in [0, 0.1) is 6.92 Å². The molecule has 0 aromatic heterocycles. The largest absolute Gasteiger partial charge is 0.495 e. The summed E-state index contributed by atoms with van der Waals surface area (Å²) in [4.78, 5) is 52.3. The van der Waals surface area contributed by atoms with E-state index in [0.29, 0.717) is 14.5 Å². The number of amides is 4. The zero-order valence-electron chi connectivity index (χ0n) is 19.0. The fraction of sp³-hybridized carbons (Fsp3) is 0.0769. The van der Waals surface area contributed by atoms with E-state index in [9.17, 15) is 19.2 Å². The second-order valence-electron chi connectivity index (χ2n) is 7.69. The number of halogens is 2. The number of aryl methyl sites for hydroxylation is 1. The van der Waals surface area contributed by atoms with Gasteiger partial charge in [0.2, 0.25) is 0 Å². The SMILES string of the molecule is COc1ccccc1N1C(=O)NC(=O)/C(=C/c2cc(Br)cc(Br)c2OC(=O)c2cccc(C)c2)C1=O. The molecule has 4 rings (SSSR count). The predicted octanol–water partition coefficient (Wildman–Crippen LogP) is 5.41. The molecule has 1 fully saturated rings. The van der Waals surface area contributed by atoms with Crippen LogP contribution in [0.2, 0.25) is 0 Å². The van der Waals surface area contributed by atoms with E-state index in [-0.39, 0.29) is 28.3 Å². The molecule has 0 atom stereocenters. The van der Waals surface area contributed by atoms with Crippen LogP contribution in [0.5, 0.6) is 11.5 Å². The summed E-state index contributed by atoms with van der Waals surface area (Å²) in [5.41, 5.74) is 1.31. The van der Waals surface area contributed by atoms with Gasteiger partial charge in [-0.25, -0.2) is 14.5 Å². The highest BCUT2D eigenvalue weighted by molar-refractivity contribution is 9.11. The molecule has 1 aliphatic heterocycles. The summed E-state index contributed by atoms with van der Waals surface area (Å²) in [6.45, 7) is 1.85. The molecule has 1 saturated heterocycles. The van der Waals surface area contributed by atoms with Gasteiger partial charge in [-0.1, -0.05) is 45.8 Å². The molecule has 1 aliphatic rings. The van der Waals surface area contributed by atoms with Crippen molar-refractivity contribution < 1.29 is 28.7 Å². The number of barbiturate groups is 1. The summed E-state index contributed by atoms with van der Waals surface area (Å²) in [7, 11) is 1.40. The number of carbonyl (C=O) groups excluding carboxylic acids is 4. The smallest absolute Gasteiger partial charge is 0.343 e. The average Bonchev–Trinajstić information content (AvgIpc) is 2.83. The number of nitrogens with one attached hydrogen (secondary N) is 1. The molecule has 0 radical (unpaired) electrons. The predicted molar refractivity (Wildman–Crippen MR) is 140 cm³/mol. The molecule has 3 aromatic rings. The minimum Gasteiger partial charge on any atom is -0.495 e. The van der Waals surface area contributed by atoms with E-state index in [1.165, 1.54) is 19.3 Å². The molecule has 0 bridgehead atoms.